The summed E-state index contributed by atoms with van der Waals surface area (Å²) in [6.07, 6.45) is 1.13. The quantitative estimate of drug-likeness (QED) is 0.546. The van der Waals surface area contributed by atoms with Gasteiger partial charge in [0.25, 0.3) is 0 Å². The lowest BCUT2D eigenvalue weighted by Gasteiger charge is -2.23. The molecular formula is C16H18BrClS. The third-order valence-electron chi connectivity index (χ3n) is 3.71. The van der Waals surface area contributed by atoms with Crippen LogP contribution in [0, 0.1) is 0 Å². The molecule has 0 aliphatic rings. The zero-order valence-electron chi connectivity index (χ0n) is 11.4. The number of thiophene rings is 1. The molecule has 0 aliphatic carbocycles. The number of hydrogen-bond acceptors (Lipinski definition) is 1. The highest BCUT2D eigenvalue weighted by Gasteiger charge is 2.19. The van der Waals surface area contributed by atoms with Crippen LogP contribution in [0.15, 0.2) is 40.2 Å². The molecule has 0 amide bonds. The molecule has 0 radical (unpaired) electrons. The Hall–Kier alpha value is -0.310. The summed E-state index contributed by atoms with van der Waals surface area (Å²) in [5.74, 6) is 0. The van der Waals surface area contributed by atoms with Gasteiger partial charge in [0, 0.05) is 4.88 Å². The lowest BCUT2D eigenvalue weighted by atomic mass is 9.82. The van der Waals surface area contributed by atoms with Gasteiger partial charge in [-0.3, -0.25) is 0 Å². The highest BCUT2D eigenvalue weighted by atomic mass is 79.9. The van der Waals surface area contributed by atoms with Gasteiger partial charge in [0.15, 0.2) is 0 Å². The molecule has 3 heteroatoms. The molecule has 0 saturated heterocycles. The van der Waals surface area contributed by atoms with E-state index in [4.69, 9.17) is 11.6 Å². The smallest absolute Gasteiger partial charge is 0.0928 e. The fourth-order valence-electron chi connectivity index (χ4n) is 1.94. The van der Waals surface area contributed by atoms with Crippen LogP contribution in [0.3, 0.4) is 0 Å². The van der Waals surface area contributed by atoms with E-state index < -0.39 is 0 Å². The van der Waals surface area contributed by atoms with Gasteiger partial charge < -0.3 is 0 Å². The van der Waals surface area contributed by atoms with Crippen LogP contribution >= 0.6 is 38.9 Å². The first-order valence-corrected chi connectivity index (χ1v) is 8.48. The van der Waals surface area contributed by atoms with Gasteiger partial charge in [-0.25, -0.2) is 0 Å². The Labute approximate surface area is 132 Å². The highest BCUT2D eigenvalue weighted by molar-refractivity contribution is 9.11. The lowest BCUT2D eigenvalue weighted by Crippen LogP contribution is -2.15. The van der Waals surface area contributed by atoms with E-state index in [0.717, 1.165) is 15.8 Å². The third kappa shape index (κ3) is 3.42. The number of rotatable bonds is 4. The first kappa shape index (κ1) is 15.1. The minimum absolute atomic E-state index is 0.0601. The topological polar surface area (TPSA) is 0 Å². The van der Waals surface area contributed by atoms with Crippen LogP contribution in [-0.2, 0) is 5.41 Å². The minimum Gasteiger partial charge on any atom is -0.131 e. The van der Waals surface area contributed by atoms with E-state index in [1.165, 1.54) is 10.4 Å². The Morgan fingerprint density at radius 1 is 1.16 bits per heavy atom. The molecule has 0 fully saturated rings. The molecule has 0 nitrogen and oxygen atoms in total. The van der Waals surface area contributed by atoms with E-state index in [1.54, 1.807) is 11.3 Å². The second kappa shape index (κ2) is 5.99. The van der Waals surface area contributed by atoms with Gasteiger partial charge in [-0.2, -0.15) is 0 Å². The summed E-state index contributed by atoms with van der Waals surface area (Å²) < 4.78 is 1.12. The normalized spacial score (nSPS) is 13.5. The standard InChI is InChI=1S/C16H18BrClS/c1-4-16(2,3)12-7-5-11(6-8-12)15(18)13-9-10-14(17)19-13/h5-10,15H,4H2,1-3H3. The third-order valence-corrected chi connectivity index (χ3v) is 6.02. The van der Waals surface area contributed by atoms with Gasteiger partial charge in [0.05, 0.1) is 9.16 Å². The second-order valence-corrected chi connectivity index (χ2v) is 8.29. The van der Waals surface area contributed by atoms with Crippen molar-refractivity contribution in [1.29, 1.82) is 0 Å². The molecule has 19 heavy (non-hydrogen) atoms. The fraction of sp³-hybridized carbons (Fsp3) is 0.375. The number of benzene rings is 1. The molecule has 2 aromatic rings. The molecule has 1 unspecified atom stereocenters. The summed E-state index contributed by atoms with van der Waals surface area (Å²) in [5.41, 5.74) is 2.76. The molecule has 0 bridgehead atoms. The van der Waals surface area contributed by atoms with Crippen molar-refractivity contribution >= 4 is 38.9 Å². The van der Waals surface area contributed by atoms with E-state index in [1.807, 2.05) is 6.07 Å². The summed E-state index contributed by atoms with van der Waals surface area (Å²) in [6.45, 7) is 6.77. The average molecular weight is 358 g/mol. The van der Waals surface area contributed by atoms with Crippen molar-refractivity contribution < 1.29 is 0 Å². The summed E-state index contributed by atoms with van der Waals surface area (Å²) >= 11 is 11.7. The predicted octanol–water partition coefficient (Wildman–Crippen LogP) is 6.53. The van der Waals surface area contributed by atoms with Crippen LogP contribution in [0.2, 0.25) is 0 Å². The molecule has 1 heterocycles. The molecule has 2 rings (SSSR count). The summed E-state index contributed by atoms with van der Waals surface area (Å²) in [4.78, 5) is 1.18. The molecule has 1 aromatic heterocycles. The monoisotopic (exact) mass is 356 g/mol. The van der Waals surface area contributed by atoms with Crippen molar-refractivity contribution in [2.75, 3.05) is 0 Å². The molecule has 0 spiro atoms. The zero-order valence-corrected chi connectivity index (χ0v) is 14.6. The highest BCUT2D eigenvalue weighted by Crippen LogP contribution is 2.36. The van der Waals surface area contributed by atoms with Crippen LogP contribution in [0.5, 0.6) is 0 Å². The average Bonchev–Trinajstić information content (AvgIpc) is 2.85. The van der Waals surface area contributed by atoms with Crippen LogP contribution in [-0.4, -0.2) is 0 Å². The number of alkyl halides is 1. The van der Waals surface area contributed by atoms with Gasteiger partial charge >= 0.3 is 0 Å². The summed E-state index contributed by atoms with van der Waals surface area (Å²) in [6, 6.07) is 12.8. The first-order chi connectivity index (χ1) is 8.94. The maximum absolute atomic E-state index is 6.54. The fourth-order valence-corrected chi connectivity index (χ4v) is 3.72. The molecule has 1 aromatic carbocycles. The molecule has 0 saturated carbocycles. The van der Waals surface area contributed by atoms with Crippen LogP contribution in [0.1, 0.15) is 48.6 Å². The maximum atomic E-state index is 6.54. The Morgan fingerprint density at radius 2 is 1.79 bits per heavy atom. The van der Waals surface area contributed by atoms with E-state index in [-0.39, 0.29) is 10.8 Å². The van der Waals surface area contributed by atoms with Crippen molar-refractivity contribution in [3.05, 3.63) is 56.2 Å². The first-order valence-electron chi connectivity index (χ1n) is 6.44. The maximum Gasteiger partial charge on any atom is 0.0928 e. The molecule has 0 aliphatic heterocycles. The van der Waals surface area contributed by atoms with Crippen LogP contribution in [0.4, 0.5) is 0 Å². The van der Waals surface area contributed by atoms with Gasteiger partial charge in [0.1, 0.15) is 0 Å². The number of halogens is 2. The van der Waals surface area contributed by atoms with Crippen molar-refractivity contribution in [1.82, 2.24) is 0 Å². The summed E-state index contributed by atoms with van der Waals surface area (Å²) in [5, 5.41) is -0.0601. The zero-order chi connectivity index (χ0) is 14.0. The Bertz CT molecular complexity index is 542. The van der Waals surface area contributed by atoms with Gasteiger partial charge in [-0.1, -0.05) is 45.0 Å². The minimum atomic E-state index is -0.0601. The number of hydrogen-bond donors (Lipinski definition) is 0. The van der Waals surface area contributed by atoms with Crippen LogP contribution < -0.4 is 0 Å². The van der Waals surface area contributed by atoms with E-state index in [2.05, 4.69) is 67.0 Å². The van der Waals surface area contributed by atoms with Crippen molar-refractivity contribution in [2.24, 2.45) is 0 Å². The van der Waals surface area contributed by atoms with E-state index in [9.17, 15) is 0 Å². The SMILES string of the molecule is CCC(C)(C)c1ccc(C(Cl)c2ccc(Br)s2)cc1. The van der Waals surface area contributed by atoms with Crippen LogP contribution in [0.25, 0.3) is 0 Å². The van der Waals surface area contributed by atoms with Gasteiger partial charge in [-0.05, 0) is 51.0 Å². The Kier molecular flexibility index (Phi) is 4.75. The lowest BCUT2D eigenvalue weighted by molar-refractivity contribution is 0.506. The Balaban J connectivity index is 2.23. The molecule has 102 valence electrons. The summed E-state index contributed by atoms with van der Waals surface area (Å²) in [7, 11) is 0. The van der Waals surface area contributed by atoms with Gasteiger partial charge in [-0.15, -0.1) is 22.9 Å². The van der Waals surface area contributed by atoms with E-state index >= 15 is 0 Å². The Morgan fingerprint density at radius 3 is 2.26 bits per heavy atom. The van der Waals surface area contributed by atoms with E-state index in [0.29, 0.717) is 0 Å². The van der Waals surface area contributed by atoms with Crippen molar-refractivity contribution in [2.45, 2.75) is 38.0 Å². The largest absolute Gasteiger partial charge is 0.131 e. The van der Waals surface area contributed by atoms with Crippen molar-refractivity contribution in [3.8, 4) is 0 Å². The molecule has 1 atom stereocenters. The van der Waals surface area contributed by atoms with Gasteiger partial charge in [0.2, 0.25) is 0 Å². The molecule has 0 N–H and O–H groups in total. The predicted molar refractivity (Wildman–Crippen MR) is 89.5 cm³/mol. The second-order valence-electron chi connectivity index (χ2n) is 5.36. The van der Waals surface area contributed by atoms with Crippen molar-refractivity contribution in [3.63, 3.8) is 0 Å². The molecular weight excluding hydrogens is 340 g/mol.